The highest BCUT2D eigenvalue weighted by Crippen LogP contribution is 2.36. The first-order valence-electron chi connectivity index (χ1n) is 12.0. The Balaban J connectivity index is 1.76. The number of rotatable bonds is 16. The summed E-state index contributed by atoms with van der Waals surface area (Å²) in [5.41, 5.74) is 0. The van der Waals surface area contributed by atoms with E-state index in [0.717, 1.165) is 32.7 Å². The van der Waals surface area contributed by atoms with E-state index in [2.05, 4.69) is 40.3 Å². The first kappa shape index (κ1) is 26.1. The monoisotopic (exact) mass is 413 g/mol. The summed E-state index contributed by atoms with van der Waals surface area (Å²) in [7, 11) is -1.55. The van der Waals surface area contributed by atoms with Gasteiger partial charge in [0, 0.05) is 19.8 Å². The average Bonchev–Trinajstić information content (AvgIpc) is 2.64. The van der Waals surface area contributed by atoms with Gasteiger partial charge in [-0.3, -0.25) is 0 Å². The first-order chi connectivity index (χ1) is 13.3. The van der Waals surface area contributed by atoms with Gasteiger partial charge in [0.15, 0.2) is 14.6 Å². The van der Waals surface area contributed by atoms with Gasteiger partial charge in [0.25, 0.3) is 0 Å². The quantitative estimate of drug-likeness (QED) is 0.192. The summed E-state index contributed by atoms with van der Waals surface area (Å²) in [6.45, 7) is 14.3. The molecular formula is C24H49O3Si. The van der Waals surface area contributed by atoms with E-state index in [9.17, 15) is 0 Å². The minimum absolute atomic E-state index is 0.0872. The molecular weight excluding hydrogens is 364 g/mol. The summed E-state index contributed by atoms with van der Waals surface area (Å²) in [6.07, 6.45) is 19.1. The van der Waals surface area contributed by atoms with E-state index >= 15 is 0 Å². The maximum absolute atomic E-state index is 6.22. The van der Waals surface area contributed by atoms with Crippen LogP contribution in [0.2, 0.25) is 18.1 Å². The number of ether oxygens (including phenoxy) is 2. The van der Waals surface area contributed by atoms with Crippen molar-refractivity contribution in [1.82, 2.24) is 0 Å². The molecule has 1 rings (SSSR count). The van der Waals surface area contributed by atoms with Crippen LogP contribution in [-0.4, -0.2) is 34.4 Å². The molecule has 1 saturated heterocycles. The van der Waals surface area contributed by atoms with E-state index in [0.29, 0.717) is 5.04 Å². The second kappa shape index (κ2) is 15.0. The maximum Gasteiger partial charge on any atom is 0.191 e. The molecule has 0 saturated carbocycles. The molecule has 0 bridgehead atoms. The highest BCUT2D eigenvalue weighted by Gasteiger charge is 2.36. The Kier molecular flexibility index (Phi) is 14.0. The second-order valence-corrected chi connectivity index (χ2v) is 14.8. The molecule has 1 aliphatic rings. The third kappa shape index (κ3) is 12.6. The Morgan fingerprint density at radius 1 is 0.857 bits per heavy atom. The van der Waals surface area contributed by atoms with Crippen molar-refractivity contribution in [3.05, 3.63) is 6.42 Å². The van der Waals surface area contributed by atoms with Crippen LogP contribution in [-0.2, 0) is 13.9 Å². The molecule has 0 spiro atoms. The lowest BCUT2D eigenvalue weighted by Crippen LogP contribution is -2.40. The van der Waals surface area contributed by atoms with Crippen LogP contribution >= 0.6 is 0 Å². The molecule has 0 aromatic rings. The second-order valence-electron chi connectivity index (χ2n) is 9.97. The summed E-state index contributed by atoms with van der Waals surface area (Å²) < 4.78 is 17.6. The summed E-state index contributed by atoms with van der Waals surface area (Å²) >= 11 is 0. The molecule has 1 heterocycles. The van der Waals surface area contributed by atoms with Crippen LogP contribution in [0.1, 0.15) is 104 Å². The predicted molar refractivity (Wildman–Crippen MR) is 123 cm³/mol. The van der Waals surface area contributed by atoms with Crippen LogP contribution in [0.3, 0.4) is 0 Å². The third-order valence-electron chi connectivity index (χ3n) is 6.34. The van der Waals surface area contributed by atoms with E-state index in [1.54, 1.807) is 0 Å². The fourth-order valence-electron chi connectivity index (χ4n) is 3.27. The summed E-state index contributed by atoms with van der Waals surface area (Å²) in [6, 6.07) is 0. The van der Waals surface area contributed by atoms with Crippen molar-refractivity contribution in [3.8, 4) is 0 Å². The zero-order chi connectivity index (χ0) is 20.7. The van der Waals surface area contributed by atoms with Gasteiger partial charge in [-0.1, -0.05) is 72.1 Å². The SMILES string of the molecule is CC(C)(C)[Si](C)(C)OCC[CH]CCCCCCCCCCOC1CCCCO1. The molecule has 0 aliphatic carbocycles. The van der Waals surface area contributed by atoms with E-state index in [1.807, 2.05) is 0 Å². The van der Waals surface area contributed by atoms with Crippen LogP contribution in [0.15, 0.2) is 0 Å². The summed E-state index contributed by atoms with van der Waals surface area (Å²) in [5.74, 6) is 0. The van der Waals surface area contributed by atoms with Crippen molar-refractivity contribution in [1.29, 1.82) is 0 Å². The Morgan fingerprint density at radius 2 is 1.50 bits per heavy atom. The molecule has 0 N–H and O–H groups in total. The van der Waals surface area contributed by atoms with E-state index < -0.39 is 8.32 Å². The molecule has 0 aromatic carbocycles. The van der Waals surface area contributed by atoms with Gasteiger partial charge >= 0.3 is 0 Å². The van der Waals surface area contributed by atoms with E-state index in [-0.39, 0.29) is 6.29 Å². The van der Waals surface area contributed by atoms with Gasteiger partial charge in [-0.15, -0.1) is 0 Å². The fourth-order valence-corrected chi connectivity index (χ4v) is 4.33. The van der Waals surface area contributed by atoms with Gasteiger partial charge in [-0.05, 0) is 56.7 Å². The number of hydrogen-bond acceptors (Lipinski definition) is 3. The molecule has 167 valence electrons. The summed E-state index contributed by atoms with van der Waals surface area (Å²) in [5, 5.41) is 0.323. The van der Waals surface area contributed by atoms with Gasteiger partial charge in [-0.25, -0.2) is 0 Å². The average molecular weight is 414 g/mol. The lowest BCUT2D eigenvalue weighted by molar-refractivity contribution is -0.162. The highest BCUT2D eigenvalue weighted by atomic mass is 28.4. The predicted octanol–water partition coefficient (Wildman–Crippen LogP) is 7.66. The normalized spacial score (nSPS) is 18.5. The van der Waals surface area contributed by atoms with Gasteiger partial charge in [0.05, 0.1) is 0 Å². The Hall–Kier alpha value is 0.0969. The minimum Gasteiger partial charge on any atom is -0.417 e. The molecule has 0 aromatic heterocycles. The van der Waals surface area contributed by atoms with Crippen LogP contribution in [0.25, 0.3) is 0 Å². The first-order valence-corrected chi connectivity index (χ1v) is 14.9. The van der Waals surface area contributed by atoms with E-state index in [4.69, 9.17) is 13.9 Å². The van der Waals surface area contributed by atoms with Gasteiger partial charge in [-0.2, -0.15) is 0 Å². The smallest absolute Gasteiger partial charge is 0.191 e. The number of unbranched alkanes of at least 4 members (excludes halogenated alkanes) is 10. The molecule has 1 atom stereocenters. The molecule has 28 heavy (non-hydrogen) atoms. The van der Waals surface area contributed by atoms with Crippen LogP contribution in [0.4, 0.5) is 0 Å². The molecule has 1 unspecified atom stereocenters. The Labute approximate surface area is 177 Å². The van der Waals surface area contributed by atoms with Crippen LogP contribution in [0.5, 0.6) is 0 Å². The zero-order valence-corrected chi connectivity index (χ0v) is 20.7. The topological polar surface area (TPSA) is 27.7 Å². The van der Waals surface area contributed by atoms with Crippen molar-refractivity contribution < 1.29 is 13.9 Å². The van der Waals surface area contributed by atoms with Crippen molar-refractivity contribution >= 4 is 8.32 Å². The van der Waals surface area contributed by atoms with Crippen molar-refractivity contribution in [3.63, 3.8) is 0 Å². The standard InChI is InChI=1S/C24H49O3Si/c1-24(2,3)28(4,5)27-22-17-14-12-10-8-6-7-9-11-13-16-20-25-23-19-15-18-21-26-23/h14,23H,6-13,15-22H2,1-5H3. The molecule has 1 fully saturated rings. The molecule has 1 radical (unpaired) electrons. The van der Waals surface area contributed by atoms with Gasteiger partial charge in [0.1, 0.15) is 0 Å². The number of hydrogen-bond donors (Lipinski definition) is 0. The zero-order valence-electron chi connectivity index (χ0n) is 19.7. The molecule has 1 aliphatic heterocycles. The fraction of sp³-hybridized carbons (Fsp3) is 0.958. The minimum atomic E-state index is -1.55. The van der Waals surface area contributed by atoms with Crippen molar-refractivity contribution in [2.75, 3.05) is 19.8 Å². The highest BCUT2D eigenvalue weighted by molar-refractivity contribution is 6.74. The molecule has 4 heteroatoms. The summed E-state index contributed by atoms with van der Waals surface area (Å²) in [4.78, 5) is 0. The van der Waals surface area contributed by atoms with E-state index in [1.165, 1.54) is 70.6 Å². The van der Waals surface area contributed by atoms with Gasteiger partial charge in [0.2, 0.25) is 0 Å². The lowest BCUT2D eigenvalue weighted by atomic mass is 10.1. The Morgan fingerprint density at radius 3 is 2.11 bits per heavy atom. The van der Waals surface area contributed by atoms with Crippen LogP contribution in [0, 0.1) is 6.42 Å². The van der Waals surface area contributed by atoms with Crippen molar-refractivity contribution in [2.45, 2.75) is 129 Å². The largest absolute Gasteiger partial charge is 0.417 e. The van der Waals surface area contributed by atoms with Crippen LogP contribution < -0.4 is 0 Å². The molecule has 3 nitrogen and oxygen atoms in total. The third-order valence-corrected chi connectivity index (χ3v) is 10.9. The maximum atomic E-state index is 6.22. The van der Waals surface area contributed by atoms with Crippen molar-refractivity contribution in [2.24, 2.45) is 0 Å². The Bertz CT molecular complexity index is 359. The lowest BCUT2D eigenvalue weighted by Gasteiger charge is -2.36. The molecule has 0 amide bonds. The van der Waals surface area contributed by atoms with Gasteiger partial charge < -0.3 is 13.9 Å².